The van der Waals surface area contributed by atoms with Crippen molar-refractivity contribution >= 4 is 11.3 Å². The number of nitrogens with zero attached hydrogens (tertiary/aromatic N) is 3. The fourth-order valence-corrected chi connectivity index (χ4v) is 2.05. The van der Waals surface area contributed by atoms with E-state index in [9.17, 15) is 0 Å². The zero-order chi connectivity index (χ0) is 11.6. The minimum atomic E-state index is -0.184. The SMILES string of the molecule is Cc1nnc(CNC(C)(C)c2nccs2)o1. The number of hydrogen-bond acceptors (Lipinski definition) is 6. The molecule has 0 bridgehead atoms. The lowest BCUT2D eigenvalue weighted by atomic mass is 10.1. The maximum Gasteiger partial charge on any atom is 0.230 e. The lowest BCUT2D eigenvalue weighted by molar-refractivity contribution is 0.359. The molecule has 86 valence electrons. The van der Waals surface area contributed by atoms with E-state index in [1.807, 2.05) is 5.38 Å². The molecule has 2 heterocycles. The quantitative estimate of drug-likeness (QED) is 0.880. The van der Waals surface area contributed by atoms with E-state index in [0.29, 0.717) is 18.3 Å². The van der Waals surface area contributed by atoms with Crippen LogP contribution in [0.1, 0.15) is 30.6 Å². The Bertz CT molecular complexity index is 449. The van der Waals surface area contributed by atoms with Gasteiger partial charge < -0.3 is 4.42 Å². The summed E-state index contributed by atoms with van der Waals surface area (Å²) in [6.07, 6.45) is 1.81. The third-order valence-corrected chi connectivity index (χ3v) is 3.31. The van der Waals surface area contributed by atoms with Gasteiger partial charge in [0.2, 0.25) is 11.8 Å². The zero-order valence-electron chi connectivity index (χ0n) is 9.52. The minimum Gasteiger partial charge on any atom is -0.424 e. The first kappa shape index (κ1) is 11.2. The fraction of sp³-hybridized carbons (Fsp3) is 0.500. The summed E-state index contributed by atoms with van der Waals surface area (Å²) in [5, 5.41) is 14.1. The molecule has 0 saturated heterocycles. The highest BCUT2D eigenvalue weighted by atomic mass is 32.1. The molecule has 1 N–H and O–H groups in total. The van der Waals surface area contributed by atoms with Gasteiger partial charge in [-0.25, -0.2) is 4.98 Å². The Morgan fingerprint density at radius 1 is 1.44 bits per heavy atom. The normalized spacial score (nSPS) is 11.9. The van der Waals surface area contributed by atoms with Crippen LogP contribution in [0.5, 0.6) is 0 Å². The van der Waals surface area contributed by atoms with E-state index in [0.717, 1.165) is 5.01 Å². The van der Waals surface area contributed by atoms with Gasteiger partial charge in [-0.2, -0.15) is 0 Å². The smallest absolute Gasteiger partial charge is 0.230 e. The van der Waals surface area contributed by atoms with Gasteiger partial charge in [0.05, 0.1) is 12.1 Å². The van der Waals surface area contributed by atoms with Crippen LogP contribution < -0.4 is 5.32 Å². The van der Waals surface area contributed by atoms with Gasteiger partial charge in [0.25, 0.3) is 0 Å². The van der Waals surface area contributed by atoms with E-state index in [1.54, 1.807) is 24.5 Å². The first-order chi connectivity index (χ1) is 7.58. The molecule has 6 heteroatoms. The molecule has 0 atom stereocenters. The van der Waals surface area contributed by atoms with Crippen molar-refractivity contribution in [2.24, 2.45) is 0 Å². The molecule has 2 aromatic rings. The second kappa shape index (κ2) is 4.31. The Labute approximate surface area is 97.9 Å². The lowest BCUT2D eigenvalue weighted by Gasteiger charge is -2.22. The third kappa shape index (κ3) is 2.45. The molecule has 0 fully saturated rings. The van der Waals surface area contributed by atoms with E-state index < -0.39 is 0 Å². The molecular formula is C10H14N4OS. The van der Waals surface area contributed by atoms with Gasteiger partial charge in [0.15, 0.2) is 0 Å². The Balaban J connectivity index is 2.00. The average molecular weight is 238 g/mol. The molecule has 0 aliphatic heterocycles. The van der Waals surface area contributed by atoms with E-state index in [4.69, 9.17) is 4.42 Å². The molecule has 0 unspecified atom stereocenters. The largest absolute Gasteiger partial charge is 0.424 e. The summed E-state index contributed by atoms with van der Waals surface area (Å²) in [5.41, 5.74) is -0.184. The van der Waals surface area contributed by atoms with Crippen molar-refractivity contribution in [1.29, 1.82) is 0 Å². The topological polar surface area (TPSA) is 63.8 Å². The van der Waals surface area contributed by atoms with Crippen LogP contribution in [0.3, 0.4) is 0 Å². The predicted molar refractivity (Wildman–Crippen MR) is 61.0 cm³/mol. The van der Waals surface area contributed by atoms with Crippen LogP contribution in [0.25, 0.3) is 0 Å². The number of nitrogens with one attached hydrogen (secondary N) is 1. The fourth-order valence-electron chi connectivity index (χ4n) is 1.31. The highest BCUT2D eigenvalue weighted by molar-refractivity contribution is 7.09. The molecule has 0 aromatic carbocycles. The molecule has 0 amide bonds. The summed E-state index contributed by atoms with van der Waals surface area (Å²) in [7, 11) is 0. The number of hydrogen-bond donors (Lipinski definition) is 1. The first-order valence-corrected chi connectivity index (χ1v) is 5.90. The van der Waals surface area contributed by atoms with Gasteiger partial charge in [-0.3, -0.25) is 5.32 Å². The predicted octanol–water partition coefficient (Wildman–Crippen LogP) is 1.86. The van der Waals surface area contributed by atoms with Gasteiger partial charge in [0, 0.05) is 18.5 Å². The van der Waals surface area contributed by atoms with Crippen molar-refractivity contribution in [2.45, 2.75) is 32.9 Å². The number of rotatable bonds is 4. The molecule has 5 nitrogen and oxygen atoms in total. The molecular weight excluding hydrogens is 224 g/mol. The molecule has 0 radical (unpaired) electrons. The molecule has 0 saturated carbocycles. The summed E-state index contributed by atoms with van der Waals surface area (Å²) >= 11 is 1.63. The summed E-state index contributed by atoms with van der Waals surface area (Å²) in [5.74, 6) is 1.19. The van der Waals surface area contributed by atoms with Crippen molar-refractivity contribution < 1.29 is 4.42 Å². The van der Waals surface area contributed by atoms with Gasteiger partial charge in [-0.05, 0) is 13.8 Å². The van der Waals surface area contributed by atoms with Crippen molar-refractivity contribution in [1.82, 2.24) is 20.5 Å². The van der Waals surface area contributed by atoms with E-state index in [1.165, 1.54) is 0 Å². The van der Waals surface area contributed by atoms with Crippen LogP contribution in [-0.2, 0) is 12.1 Å². The van der Waals surface area contributed by atoms with E-state index in [-0.39, 0.29) is 5.54 Å². The maximum atomic E-state index is 5.29. The maximum absolute atomic E-state index is 5.29. The van der Waals surface area contributed by atoms with Crippen molar-refractivity contribution in [3.05, 3.63) is 28.4 Å². The monoisotopic (exact) mass is 238 g/mol. The summed E-state index contributed by atoms with van der Waals surface area (Å²) < 4.78 is 5.29. The van der Waals surface area contributed by atoms with Crippen LogP contribution in [0.2, 0.25) is 0 Å². The minimum absolute atomic E-state index is 0.184. The molecule has 2 rings (SSSR count). The van der Waals surface area contributed by atoms with Crippen molar-refractivity contribution in [3.8, 4) is 0 Å². The Morgan fingerprint density at radius 2 is 2.25 bits per heavy atom. The molecule has 0 aliphatic carbocycles. The third-order valence-electron chi connectivity index (χ3n) is 2.22. The van der Waals surface area contributed by atoms with Gasteiger partial charge in [-0.15, -0.1) is 21.5 Å². The summed E-state index contributed by atoms with van der Waals surface area (Å²) in [6, 6.07) is 0. The Hall–Kier alpha value is -1.27. The van der Waals surface area contributed by atoms with Crippen LogP contribution >= 0.6 is 11.3 Å². The Kier molecular flexibility index (Phi) is 3.02. The number of thiazole rings is 1. The molecule has 16 heavy (non-hydrogen) atoms. The van der Waals surface area contributed by atoms with Crippen LogP contribution in [0.4, 0.5) is 0 Å². The van der Waals surface area contributed by atoms with E-state index in [2.05, 4.69) is 34.3 Å². The summed E-state index contributed by atoms with van der Waals surface area (Å²) in [6.45, 7) is 6.49. The van der Waals surface area contributed by atoms with Crippen molar-refractivity contribution in [2.75, 3.05) is 0 Å². The highest BCUT2D eigenvalue weighted by Gasteiger charge is 2.23. The lowest BCUT2D eigenvalue weighted by Crippen LogP contribution is -2.35. The standard InChI is InChI=1S/C10H14N4OS/c1-7-13-14-8(15-7)6-12-10(2,3)9-11-4-5-16-9/h4-5,12H,6H2,1-3H3. The second-order valence-corrected chi connectivity index (χ2v) is 4.93. The molecule has 2 aromatic heterocycles. The van der Waals surface area contributed by atoms with Crippen LogP contribution in [0, 0.1) is 6.92 Å². The van der Waals surface area contributed by atoms with Crippen molar-refractivity contribution in [3.63, 3.8) is 0 Å². The Morgan fingerprint density at radius 3 is 2.81 bits per heavy atom. The second-order valence-electron chi connectivity index (χ2n) is 4.03. The number of aromatic nitrogens is 3. The first-order valence-electron chi connectivity index (χ1n) is 5.02. The summed E-state index contributed by atoms with van der Waals surface area (Å²) in [4.78, 5) is 4.29. The average Bonchev–Trinajstić information content (AvgIpc) is 2.85. The van der Waals surface area contributed by atoms with Crippen LogP contribution in [0.15, 0.2) is 16.0 Å². The molecule has 0 spiro atoms. The van der Waals surface area contributed by atoms with Gasteiger partial charge >= 0.3 is 0 Å². The van der Waals surface area contributed by atoms with E-state index >= 15 is 0 Å². The van der Waals surface area contributed by atoms with Gasteiger partial charge in [-0.1, -0.05) is 0 Å². The van der Waals surface area contributed by atoms with Gasteiger partial charge in [0.1, 0.15) is 5.01 Å². The zero-order valence-corrected chi connectivity index (χ0v) is 10.3. The molecule has 0 aliphatic rings. The highest BCUT2D eigenvalue weighted by Crippen LogP contribution is 2.22. The number of aryl methyl sites for hydroxylation is 1. The van der Waals surface area contributed by atoms with Crippen LogP contribution in [-0.4, -0.2) is 15.2 Å².